The number of piperazine rings is 1. The van der Waals surface area contributed by atoms with Gasteiger partial charge in [0.25, 0.3) is 11.8 Å². The number of amides is 2. The molecule has 2 atom stereocenters. The molecule has 8 heteroatoms. The van der Waals surface area contributed by atoms with Crippen LogP contribution in [-0.2, 0) is 0 Å². The predicted octanol–water partition coefficient (Wildman–Crippen LogP) is 5.41. The second-order valence-electron chi connectivity index (χ2n) is 9.17. The van der Waals surface area contributed by atoms with E-state index in [2.05, 4.69) is 15.9 Å². The average Bonchev–Trinajstić information content (AvgIpc) is 3.14. The van der Waals surface area contributed by atoms with E-state index in [1.54, 1.807) is 36.4 Å². The smallest absolute Gasteiger partial charge is 0.261 e. The highest BCUT2D eigenvalue weighted by Crippen LogP contribution is 2.36. The SMILES string of the molecule is C[C@H](CN1CCN(c2ccc(C#N)cc2Cl)[C@H](c2ccc(Cl)cc2)C1)N1C(=O)c2ccccc2C1=O. The first kappa shape index (κ1) is 24.3. The van der Waals surface area contributed by atoms with Crippen LogP contribution in [0.25, 0.3) is 0 Å². The van der Waals surface area contributed by atoms with Gasteiger partial charge in [0, 0.05) is 31.2 Å². The van der Waals surface area contributed by atoms with Crippen molar-refractivity contribution in [3.8, 4) is 6.07 Å². The van der Waals surface area contributed by atoms with Crippen LogP contribution >= 0.6 is 23.2 Å². The second kappa shape index (κ2) is 9.94. The maximum Gasteiger partial charge on any atom is 0.261 e. The summed E-state index contributed by atoms with van der Waals surface area (Å²) in [5.74, 6) is -0.472. The van der Waals surface area contributed by atoms with Crippen LogP contribution in [0.1, 0.15) is 44.8 Å². The van der Waals surface area contributed by atoms with Crippen molar-refractivity contribution in [2.24, 2.45) is 0 Å². The van der Waals surface area contributed by atoms with E-state index in [0.717, 1.165) is 17.8 Å². The number of hydrogen-bond donors (Lipinski definition) is 0. The van der Waals surface area contributed by atoms with Gasteiger partial charge in [-0.05, 0) is 55.0 Å². The number of hydrogen-bond acceptors (Lipinski definition) is 5. The van der Waals surface area contributed by atoms with Gasteiger partial charge in [0.1, 0.15) is 0 Å². The molecule has 0 unspecified atom stereocenters. The zero-order valence-electron chi connectivity index (χ0n) is 19.7. The summed E-state index contributed by atoms with van der Waals surface area (Å²) >= 11 is 12.7. The minimum atomic E-state index is -0.284. The third kappa shape index (κ3) is 4.46. The molecule has 0 aliphatic carbocycles. The number of carbonyl (C=O) groups excluding carboxylic acids is 2. The van der Waals surface area contributed by atoms with Crippen molar-refractivity contribution in [2.45, 2.75) is 19.0 Å². The van der Waals surface area contributed by atoms with Gasteiger partial charge in [-0.2, -0.15) is 5.26 Å². The molecule has 0 bridgehead atoms. The molecule has 3 aromatic carbocycles. The maximum atomic E-state index is 13.0. The zero-order valence-corrected chi connectivity index (χ0v) is 21.2. The summed E-state index contributed by atoms with van der Waals surface area (Å²) in [5, 5.41) is 10.4. The summed E-state index contributed by atoms with van der Waals surface area (Å²) in [6.45, 7) is 4.57. The fourth-order valence-corrected chi connectivity index (χ4v) is 5.55. The number of nitrogens with zero attached hydrogens (tertiary/aromatic N) is 4. The van der Waals surface area contributed by atoms with Gasteiger partial charge >= 0.3 is 0 Å². The van der Waals surface area contributed by atoms with Gasteiger partial charge in [-0.25, -0.2) is 0 Å². The van der Waals surface area contributed by atoms with Crippen molar-refractivity contribution < 1.29 is 9.59 Å². The van der Waals surface area contributed by atoms with E-state index in [0.29, 0.717) is 46.4 Å². The minimum absolute atomic E-state index is 0.0316. The van der Waals surface area contributed by atoms with Gasteiger partial charge in [-0.1, -0.05) is 47.5 Å². The van der Waals surface area contributed by atoms with Crippen molar-refractivity contribution in [1.82, 2.24) is 9.80 Å². The van der Waals surface area contributed by atoms with Crippen LogP contribution in [0.3, 0.4) is 0 Å². The number of benzene rings is 3. The molecular weight excluding hydrogens is 495 g/mol. The van der Waals surface area contributed by atoms with Crippen molar-refractivity contribution in [3.05, 3.63) is 99.0 Å². The summed E-state index contributed by atoms with van der Waals surface area (Å²) in [6.07, 6.45) is 0. The number of nitriles is 1. The highest BCUT2D eigenvalue weighted by Gasteiger charge is 2.39. The zero-order chi connectivity index (χ0) is 25.4. The van der Waals surface area contributed by atoms with Crippen LogP contribution < -0.4 is 4.90 Å². The fraction of sp³-hybridized carbons (Fsp3) is 0.250. The lowest BCUT2D eigenvalue weighted by molar-refractivity contribution is 0.0551. The quantitative estimate of drug-likeness (QED) is 0.422. The van der Waals surface area contributed by atoms with Crippen LogP contribution in [0.2, 0.25) is 10.0 Å². The lowest BCUT2D eigenvalue weighted by Gasteiger charge is -2.44. The lowest BCUT2D eigenvalue weighted by atomic mass is 10.0. The standard InChI is InChI=1S/C28H24Cl2N4O2/c1-18(34-27(35)22-4-2-3-5-23(22)28(34)36)16-32-12-13-33(25-11-6-19(15-31)14-24(25)30)26(17-32)20-7-9-21(29)10-8-20/h2-11,14,18,26H,12-13,16-17H2,1H3/t18-,26+/m1/s1. The summed E-state index contributed by atoms with van der Waals surface area (Å²) in [4.78, 5) is 31.8. The third-order valence-corrected chi connectivity index (χ3v) is 7.45. The summed E-state index contributed by atoms with van der Waals surface area (Å²) in [5.41, 5.74) is 3.39. The Kier molecular flexibility index (Phi) is 6.72. The predicted molar refractivity (Wildman–Crippen MR) is 141 cm³/mol. The number of anilines is 1. The van der Waals surface area contributed by atoms with E-state index in [1.165, 1.54) is 4.90 Å². The Hall–Kier alpha value is -3.37. The minimum Gasteiger partial charge on any atom is -0.361 e. The Morgan fingerprint density at radius 1 is 0.972 bits per heavy atom. The Bertz CT molecular complexity index is 1330. The van der Waals surface area contributed by atoms with Crippen LogP contribution in [0.4, 0.5) is 5.69 Å². The molecule has 0 radical (unpaired) electrons. The highest BCUT2D eigenvalue weighted by atomic mass is 35.5. The number of fused-ring (bicyclic) bond motifs is 1. The second-order valence-corrected chi connectivity index (χ2v) is 10.0. The first-order valence-corrected chi connectivity index (χ1v) is 12.5. The van der Waals surface area contributed by atoms with Crippen LogP contribution in [0.15, 0.2) is 66.7 Å². The molecule has 0 N–H and O–H groups in total. The fourth-order valence-electron chi connectivity index (χ4n) is 5.14. The van der Waals surface area contributed by atoms with E-state index in [9.17, 15) is 14.9 Å². The molecule has 0 saturated carbocycles. The van der Waals surface area contributed by atoms with Gasteiger partial charge in [-0.15, -0.1) is 0 Å². The van der Waals surface area contributed by atoms with Gasteiger partial charge < -0.3 is 4.90 Å². The van der Waals surface area contributed by atoms with Crippen molar-refractivity contribution in [1.29, 1.82) is 5.26 Å². The molecule has 1 saturated heterocycles. The van der Waals surface area contributed by atoms with Gasteiger partial charge in [-0.3, -0.25) is 19.4 Å². The third-order valence-electron chi connectivity index (χ3n) is 6.89. The highest BCUT2D eigenvalue weighted by molar-refractivity contribution is 6.33. The molecule has 36 heavy (non-hydrogen) atoms. The van der Waals surface area contributed by atoms with Gasteiger partial charge in [0.05, 0.1) is 45.6 Å². The number of halogens is 2. The number of rotatable bonds is 5. The summed E-state index contributed by atoms with van der Waals surface area (Å²) in [7, 11) is 0. The Morgan fingerprint density at radius 3 is 2.25 bits per heavy atom. The summed E-state index contributed by atoms with van der Waals surface area (Å²) < 4.78 is 0. The lowest BCUT2D eigenvalue weighted by Crippen LogP contribution is -2.53. The van der Waals surface area contributed by atoms with E-state index in [-0.39, 0.29) is 23.9 Å². The van der Waals surface area contributed by atoms with Crippen molar-refractivity contribution in [3.63, 3.8) is 0 Å². The molecule has 1 fully saturated rings. The van der Waals surface area contributed by atoms with Crippen LogP contribution in [-0.4, -0.2) is 53.8 Å². The largest absolute Gasteiger partial charge is 0.361 e. The van der Waals surface area contributed by atoms with Gasteiger partial charge in [0.15, 0.2) is 0 Å². The first-order valence-electron chi connectivity index (χ1n) is 11.8. The number of carbonyl (C=O) groups is 2. The van der Waals surface area contributed by atoms with E-state index in [4.69, 9.17) is 23.2 Å². The monoisotopic (exact) mass is 518 g/mol. The van der Waals surface area contributed by atoms with Crippen LogP contribution in [0.5, 0.6) is 0 Å². The molecule has 182 valence electrons. The molecule has 2 heterocycles. The molecule has 6 nitrogen and oxygen atoms in total. The van der Waals surface area contributed by atoms with Crippen LogP contribution in [0, 0.1) is 11.3 Å². The van der Waals surface area contributed by atoms with E-state index >= 15 is 0 Å². The molecule has 2 amide bonds. The summed E-state index contributed by atoms with van der Waals surface area (Å²) in [6, 6.07) is 21.9. The normalized spacial score (nSPS) is 18.8. The molecular formula is C28H24Cl2N4O2. The first-order chi connectivity index (χ1) is 17.4. The van der Waals surface area contributed by atoms with E-state index in [1.807, 2.05) is 37.3 Å². The van der Waals surface area contributed by atoms with Crippen molar-refractivity contribution in [2.75, 3.05) is 31.1 Å². The molecule has 0 aromatic heterocycles. The van der Waals surface area contributed by atoms with Crippen molar-refractivity contribution >= 4 is 40.7 Å². The van der Waals surface area contributed by atoms with Gasteiger partial charge in [0.2, 0.25) is 0 Å². The molecule has 2 aliphatic rings. The molecule has 0 spiro atoms. The Balaban J connectivity index is 1.38. The average molecular weight is 519 g/mol. The topological polar surface area (TPSA) is 67.7 Å². The molecule has 5 rings (SSSR count). The maximum absolute atomic E-state index is 13.0. The van der Waals surface area contributed by atoms with E-state index < -0.39 is 0 Å². The molecule has 2 aliphatic heterocycles. The molecule has 3 aromatic rings. The number of imide groups is 1. The Labute approximate surface area is 220 Å². The Morgan fingerprint density at radius 2 is 1.64 bits per heavy atom.